The molecule has 178 valence electrons. The molecule has 1 aromatic carbocycles. The summed E-state index contributed by atoms with van der Waals surface area (Å²) >= 11 is 0. The Morgan fingerprint density at radius 2 is 1.85 bits per heavy atom. The lowest BCUT2D eigenvalue weighted by Gasteiger charge is -2.36. The van der Waals surface area contributed by atoms with Gasteiger partial charge in [0.05, 0.1) is 17.4 Å². The number of pyridine rings is 2. The molecule has 0 spiro atoms. The van der Waals surface area contributed by atoms with Crippen LogP contribution in [0.4, 0.5) is 4.39 Å². The lowest BCUT2D eigenvalue weighted by Crippen LogP contribution is -2.44. The van der Waals surface area contributed by atoms with Gasteiger partial charge in [-0.1, -0.05) is 6.07 Å². The number of piperidine rings is 1. The van der Waals surface area contributed by atoms with Crippen LogP contribution in [0.1, 0.15) is 36.4 Å². The summed E-state index contributed by atoms with van der Waals surface area (Å²) in [5, 5.41) is 4.20. The van der Waals surface area contributed by atoms with Gasteiger partial charge in [-0.2, -0.15) is 0 Å². The number of aromatic nitrogens is 2. The zero-order valence-corrected chi connectivity index (χ0v) is 19.1. The smallest absolute Gasteiger partial charge is 0.251 e. The van der Waals surface area contributed by atoms with Crippen LogP contribution in [0.25, 0.3) is 10.9 Å². The molecule has 1 saturated heterocycles. The number of ether oxygens (including phenoxy) is 2. The molecular weight excluding hydrogens is 435 g/mol. The SMILES string of the molecule is O=c1ccc2c(F)ccc3c2n1CCC3CN1CCC(NCc2cc3c(cn2)OCCO3)CC1. The molecule has 0 amide bonds. The van der Waals surface area contributed by atoms with Crippen LogP contribution in [0.2, 0.25) is 0 Å². The summed E-state index contributed by atoms with van der Waals surface area (Å²) in [5.41, 5.74) is 2.80. The van der Waals surface area contributed by atoms with E-state index in [2.05, 4.69) is 15.2 Å². The number of rotatable bonds is 5. The van der Waals surface area contributed by atoms with Gasteiger partial charge in [-0.05, 0) is 50.0 Å². The van der Waals surface area contributed by atoms with Crippen LogP contribution < -0.4 is 20.3 Å². The van der Waals surface area contributed by atoms with Gasteiger partial charge in [0.1, 0.15) is 19.0 Å². The summed E-state index contributed by atoms with van der Waals surface area (Å²) in [7, 11) is 0. The number of halogens is 1. The molecule has 1 fully saturated rings. The second kappa shape index (κ2) is 9.00. The van der Waals surface area contributed by atoms with Crippen molar-refractivity contribution in [3.8, 4) is 11.5 Å². The summed E-state index contributed by atoms with van der Waals surface area (Å²) in [6.07, 6.45) is 4.81. The third kappa shape index (κ3) is 4.05. The number of nitrogens with zero attached hydrogens (tertiary/aromatic N) is 3. The van der Waals surface area contributed by atoms with Crippen molar-refractivity contribution in [2.24, 2.45) is 0 Å². The topological polar surface area (TPSA) is 68.6 Å². The molecule has 3 aromatic rings. The summed E-state index contributed by atoms with van der Waals surface area (Å²) in [5.74, 6) is 1.56. The molecule has 1 unspecified atom stereocenters. The van der Waals surface area contributed by atoms with Crippen molar-refractivity contribution in [1.29, 1.82) is 0 Å². The molecule has 0 aliphatic carbocycles. The minimum Gasteiger partial charge on any atom is -0.486 e. The first kappa shape index (κ1) is 21.6. The normalized spacial score (nSPS) is 20.6. The van der Waals surface area contributed by atoms with Crippen LogP contribution in [-0.2, 0) is 13.1 Å². The van der Waals surface area contributed by atoms with E-state index in [4.69, 9.17) is 9.47 Å². The quantitative estimate of drug-likeness (QED) is 0.626. The number of hydrogen-bond acceptors (Lipinski definition) is 6. The third-order valence-corrected chi connectivity index (χ3v) is 7.39. The Morgan fingerprint density at radius 3 is 2.71 bits per heavy atom. The lowest BCUT2D eigenvalue weighted by atomic mass is 9.89. The molecule has 0 saturated carbocycles. The van der Waals surface area contributed by atoms with Gasteiger partial charge in [-0.25, -0.2) is 4.39 Å². The minimum atomic E-state index is -0.257. The highest BCUT2D eigenvalue weighted by Gasteiger charge is 2.27. The van der Waals surface area contributed by atoms with E-state index in [1.807, 2.05) is 12.1 Å². The average molecular weight is 465 g/mol. The molecule has 1 atom stereocenters. The maximum absolute atomic E-state index is 14.4. The molecular formula is C26H29FN4O3. The summed E-state index contributed by atoms with van der Waals surface area (Å²) in [6, 6.07) is 8.96. The summed E-state index contributed by atoms with van der Waals surface area (Å²) in [6.45, 7) is 5.50. The van der Waals surface area contributed by atoms with Crippen LogP contribution in [0.5, 0.6) is 11.5 Å². The van der Waals surface area contributed by atoms with Crippen molar-refractivity contribution in [2.45, 2.75) is 44.3 Å². The van der Waals surface area contributed by atoms with E-state index in [0.717, 1.165) is 67.2 Å². The van der Waals surface area contributed by atoms with Gasteiger partial charge in [0.25, 0.3) is 5.56 Å². The zero-order valence-electron chi connectivity index (χ0n) is 19.1. The monoisotopic (exact) mass is 464 g/mol. The molecule has 1 N–H and O–H groups in total. The predicted octanol–water partition coefficient (Wildman–Crippen LogP) is 3.05. The molecule has 3 aliphatic heterocycles. The molecule has 2 aromatic heterocycles. The van der Waals surface area contributed by atoms with E-state index in [1.165, 1.54) is 6.07 Å². The van der Waals surface area contributed by atoms with Crippen molar-refractivity contribution in [3.63, 3.8) is 0 Å². The molecule has 0 bridgehead atoms. The van der Waals surface area contributed by atoms with Crippen molar-refractivity contribution < 1.29 is 13.9 Å². The zero-order chi connectivity index (χ0) is 23.1. The largest absolute Gasteiger partial charge is 0.486 e. The van der Waals surface area contributed by atoms with E-state index >= 15 is 0 Å². The molecule has 7 nitrogen and oxygen atoms in total. The Kier molecular flexibility index (Phi) is 5.71. The van der Waals surface area contributed by atoms with E-state index in [1.54, 1.807) is 22.9 Å². The van der Waals surface area contributed by atoms with E-state index in [9.17, 15) is 9.18 Å². The van der Waals surface area contributed by atoms with Gasteiger partial charge in [0, 0.05) is 49.1 Å². The van der Waals surface area contributed by atoms with Crippen LogP contribution >= 0.6 is 0 Å². The van der Waals surface area contributed by atoms with Crippen LogP contribution in [0.15, 0.2) is 41.3 Å². The number of benzene rings is 1. The highest BCUT2D eigenvalue weighted by Crippen LogP contribution is 2.34. The van der Waals surface area contributed by atoms with Gasteiger partial charge in [-0.3, -0.25) is 9.78 Å². The summed E-state index contributed by atoms with van der Waals surface area (Å²) < 4.78 is 27.3. The third-order valence-electron chi connectivity index (χ3n) is 7.39. The van der Waals surface area contributed by atoms with Crippen molar-refractivity contribution in [2.75, 3.05) is 32.8 Å². The average Bonchev–Trinajstić information content (AvgIpc) is 2.87. The van der Waals surface area contributed by atoms with E-state index < -0.39 is 0 Å². The number of aryl methyl sites for hydroxylation is 1. The summed E-state index contributed by atoms with van der Waals surface area (Å²) in [4.78, 5) is 19.3. The number of fused-ring (bicyclic) bond motifs is 1. The van der Waals surface area contributed by atoms with Crippen molar-refractivity contribution in [3.05, 3.63) is 64.0 Å². The van der Waals surface area contributed by atoms with Crippen LogP contribution in [0.3, 0.4) is 0 Å². The maximum atomic E-state index is 14.4. The maximum Gasteiger partial charge on any atom is 0.251 e. The molecule has 5 heterocycles. The predicted molar refractivity (Wildman–Crippen MR) is 127 cm³/mol. The van der Waals surface area contributed by atoms with Crippen LogP contribution in [-0.4, -0.2) is 53.3 Å². The molecule has 34 heavy (non-hydrogen) atoms. The lowest BCUT2D eigenvalue weighted by molar-refractivity contribution is 0.170. The highest BCUT2D eigenvalue weighted by molar-refractivity contribution is 5.84. The second-order valence-corrected chi connectivity index (χ2v) is 9.48. The Balaban J connectivity index is 1.07. The van der Waals surface area contributed by atoms with Crippen molar-refractivity contribution >= 4 is 10.9 Å². The molecule has 6 rings (SSSR count). The second-order valence-electron chi connectivity index (χ2n) is 9.48. The van der Waals surface area contributed by atoms with Crippen molar-refractivity contribution in [1.82, 2.24) is 19.8 Å². The first-order valence-corrected chi connectivity index (χ1v) is 12.2. The first-order chi connectivity index (χ1) is 16.7. The molecule has 0 radical (unpaired) electrons. The number of nitrogens with one attached hydrogen (secondary N) is 1. The highest BCUT2D eigenvalue weighted by atomic mass is 19.1. The fourth-order valence-corrected chi connectivity index (χ4v) is 5.56. The Labute approximate surface area is 197 Å². The fraction of sp³-hybridized carbons (Fsp3) is 0.462. The van der Waals surface area contributed by atoms with Gasteiger partial charge < -0.3 is 24.3 Å². The van der Waals surface area contributed by atoms with E-state index in [0.29, 0.717) is 43.6 Å². The molecule has 8 heteroatoms. The van der Waals surface area contributed by atoms with E-state index in [-0.39, 0.29) is 11.4 Å². The standard InChI is InChI=1S/C26H29FN4O3/c27-22-3-1-20-17(5-10-31-25(32)4-2-21(22)26(20)31)16-30-8-6-18(7-9-30)28-14-19-13-23-24(15-29-19)34-12-11-33-23/h1-4,13,15,17-18,28H,5-12,14,16H2. The first-order valence-electron chi connectivity index (χ1n) is 12.2. The van der Waals surface area contributed by atoms with Gasteiger partial charge in [0.15, 0.2) is 11.5 Å². The Bertz CT molecular complexity index is 1270. The minimum absolute atomic E-state index is 0.0443. The number of hydrogen-bond donors (Lipinski definition) is 1. The molecule has 3 aliphatic rings. The number of likely N-dealkylation sites (tertiary alicyclic amines) is 1. The fourth-order valence-electron chi connectivity index (χ4n) is 5.56. The Morgan fingerprint density at radius 1 is 1.03 bits per heavy atom. The van der Waals surface area contributed by atoms with Gasteiger partial charge in [0.2, 0.25) is 0 Å². The van der Waals surface area contributed by atoms with Crippen LogP contribution in [0, 0.1) is 5.82 Å². The Hall–Kier alpha value is -2.97. The van der Waals surface area contributed by atoms with Gasteiger partial charge in [-0.15, -0.1) is 0 Å². The van der Waals surface area contributed by atoms with Gasteiger partial charge >= 0.3 is 0 Å².